The Morgan fingerprint density at radius 3 is 1.31 bits per heavy atom. The number of phosphoric acid groups is 1. The molecule has 0 saturated heterocycles. The van der Waals surface area contributed by atoms with Gasteiger partial charge in [0.25, 0.3) is 0 Å². The van der Waals surface area contributed by atoms with Crippen LogP contribution in [0.5, 0.6) is 0 Å². The zero-order valence-electron chi connectivity index (χ0n) is 7.04. The number of hydrogen-bond donors (Lipinski definition) is 0. The fourth-order valence-electron chi connectivity index (χ4n) is 0.396. The van der Waals surface area contributed by atoms with Crippen LogP contribution in [-0.4, -0.2) is 20.8 Å². The van der Waals surface area contributed by atoms with Gasteiger partial charge in [-0.2, -0.15) is 4.08 Å². The number of halogens is 7. The van der Waals surface area contributed by atoms with E-state index in [1.807, 2.05) is 0 Å². The van der Waals surface area contributed by atoms with Crippen LogP contribution in [0.4, 0.5) is 0 Å². The quantitative estimate of drug-likeness (QED) is 0.448. The zero-order valence-corrected chi connectivity index (χ0v) is 13.2. The molecule has 0 aliphatic carbocycles. The first-order valence-corrected chi connectivity index (χ1v) is 7.72. The van der Waals surface area contributed by atoms with Gasteiger partial charge in [-0.05, 0) is 0 Å². The number of phosphoric ester groups is 1. The molecule has 0 aromatic carbocycles. The van der Waals surface area contributed by atoms with Crippen molar-refractivity contribution in [1.82, 2.24) is 0 Å². The van der Waals surface area contributed by atoms with Crippen LogP contribution in [0.1, 0.15) is 0 Å². The van der Waals surface area contributed by atoms with Gasteiger partial charge in [0.15, 0.2) is 11.1 Å². The lowest BCUT2D eigenvalue weighted by Gasteiger charge is -2.20. The molecule has 0 aromatic heterocycles. The van der Waals surface area contributed by atoms with Crippen molar-refractivity contribution < 1.29 is 17.7 Å². The van der Waals surface area contributed by atoms with Gasteiger partial charge in [0.2, 0.25) is 0 Å². The van der Waals surface area contributed by atoms with Crippen LogP contribution in [-0.2, 0) is 17.7 Å². The first-order valence-electron chi connectivity index (χ1n) is 3.33. The van der Waals surface area contributed by atoms with Gasteiger partial charge in [-0.25, -0.2) is 4.57 Å². The van der Waals surface area contributed by atoms with E-state index in [1.54, 1.807) is 0 Å². The summed E-state index contributed by atoms with van der Waals surface area (Å²) in [6.07, 6.45) is 0. The molecule has 0 spiro atoms. The molecule has 4 nitrogen and oxygen atoms in total. The normalized spacial score (nSPS) is 19.8. The van der Waals surface area contributed by atoms with E-state index in [0.29, 0.717) is 0 Å². The van der Waals surface area contributed by atoms with Gasteiger partial charge in [-0.3, -0.25) is 9.05 Å². The van der Waals surface area contributed by atoms with Crippen LogP contribution >= 0.6 is 89.3 Å². The second-order valence-corrected chi connectivity index (χ2v) is 7.15. The highest BCUT2D eigenvalue weighted by molar-refractivity contribution is 7.49. The minimum atomic E-state index is -4.26. The third-order valence-electron chi connectivity index (χ3n) is 0.940. The van der Waals surface area contributed by atoms with Gasteiger partial charge in [0, 0.05) is 0 Å². The van der Waals surface area contributed by atoms with Crippen molar-refractivity contribution in [3.63, 3.8) is 0 Å². The molecule has 0 amide bonds. The van der Waals surface area contributed by atoms with Gasteiger partial charge in [0.1, 0.15) is 9.67 Å². The molecule has 2 atom stereocenters. The molecule has 0 bridgehead atoms. The molecule has 0 rings (SSSR count). The highest BCUT2D eigenvalue weighted by Gasteiger charge is 2.37. The maximum atomic E-state index is 11.6. The monoisotopic (exact) mass is 392 g/mol. The Morgan fingerprint density at radius 2 is 1.12 bits per heavy atom. The molecule has 0 radical (unpaired) electrons. The van der Waals surface area contributed by atoms with Crippen LogP contribution in [0.2, 0.25) is 0 Å². The number of rotatable bonds is 7. The van der Waals surface area contributed by atoms with E-state index in [-0.39, 0.29) is 0 Å². The summed E-state index contributed by atoms with van der Waals surface area (Å²) in [6, 6.07) is 0. The maximum Gasteiger partial charge on any atom is 0.494 e. The Bertz CT molecular complexity index is 231. The minimum absolute atomic E-state index is 1.19. The largest absolute Gasteiger partial charge is 0.494 e. The van der Waals surface area contributed by atoms with E-state index >= 15 is 0 Å². The molecule has 0 N–H and O–H groups in total. The predicted octanol–water partition coefficient (Wildman–Crippen LogP) is 5.04. The van der Waals surface area contributed by atoms with E-state index in [1.165, 1.54) is 0 Å². The number of alkyl halides is 6. The molecule has 12 heteroatoms. The second kappa shape index (κ2) is 8.34. The summed E-state index contributed by atoms with van der Waals surface area (Å²) < 4.78 is 24.7. The maximum absolute atomic E-state index is 11.6. The van der Waals surface area contributed by atoms with Crippen LogP contribution in [0.15, 0.2) is 0 Å². The van der Waals surface area contributed by atoms with Crippen LogP contribution in [0, 0.1) is 0 Å². The minimum Gasteiger partial charge on any atom is -0.263 e. The molecule has 0 aliphatic heterocycles. The van der Waals surface area contributed by atoms with Gasteiger partial charge in [-0.15, -0.1) is 46.4 Å². The average Bonchev–Trinajstić information content (AvgIpc) is 2.17. The topological polar surface area (TPSA) is 44.8 Å². The Balaban J connectivity index is 4.48. The van der Waals surface area contributed by atoms with Gasteiger partial charge in [-0.1, -0.05) is 23.2 Å². The lowest BCUT2D eigenvalue weighted by molar-refractivity contribution is 0.141. The molecule has 2 unspecified atom stereocenters. The van der Waals surface area contributed by atoms with E-state index in [2.05, 4.69) is 13.1 Å². The Hall–Kier alpha value is 2.14. The third kappa shape index (κ3) is 6.91. The summed E-state index contributed by atoms with van der Waals surface area (Å²) in [7, 11) is -4.26. The predicted molar refractivity (Wildman–Crippen MR) is 67.0 cm³/mol. The molecule has 0 heterocycles. The molecule has 98 valence electrons. The van der Waals surface area contributed by atoms with Gasteiger partial charge in [0.05, 0.1) is 11.9 Å². The summed E-state index contributed by atoms with van der Waals surface area (Å²) in [5.41, 5.74) is -2.78. The van der Waals surface area contributed by atoms with E-state index < -0.39 is 28.6 Å². The lowest BCUT2D eigenvalue weighted by Crippen LogP contribution is -2.17. The molecular weight excluding hydrogens is 391 g/mol. The summed E-state index contributed by atoms with van der Waals surface area (Å²) >= 11 is 37.2. The summed E-state index contributed by atoms with van der Waals surface area (Å²) in [4.78, 5) is -2.39. The van der Waals surface area contributed by atoms with Crippen molar-refractivity contribution >= 4 is 89.3 Å². The Morgan fingerprint density at radius 1 is 0.812 bits per heavy atom. The Labute approximate surface area is 127 Å². The van der Waals surface area contributed by atoms with Crippen LogP contribution in [0.3, 0.4) is 0 Å². The summed E-state index contributed by atoms with van der Waals surface area (Å²) in [5, 5.41) is 0. The third-order valence-corrected chi connectivity index (χ3v) is 4.95. The van der Waals surface area contributed by atoms with E-state index in [0.717, 1.165) is 0 Å². The van der Waals surface area contributed by atoms with E-state index in [9.17, 15) is 4.57 Å². The van der Waals surface area contributed by atoms with Crippen molar-refractivity contribution in [2.24, 2.45) is 0 Å². The smallest absolute Gasteiger partial charge is 0.263 e. The second-order valence-electron chi connectivity index (χ2n) is 2.10. The summed E-state index contributed by atoms with van der Waals surface area (Å²) in [6.45, 7) is 0. The highest BCUT2D eigenvalue weighted by Crippen LogP contribution is 2.55. The van der Waals surface area contributed by atoms with E-state index in [4.69, 9.17) is 81.5 Å². The molecule has 0 saturated carbocycles. The summed E-state index contributed by atoms with van der Waals surface area (Å²) in [5.74, 6) is 0. The Kier molecular flexibility index (Phi) is 9.45. The molecule has 0 fully saturated rings. The van der Waals surface area contributed by atoms with Gasteiger partial charge >= 0.3 is 7.82 Å². The van der Waals surface area contributed by atoms with Crippen molar-refractivity contribution in [3.05, 3.63) is 0 Å². The standard InChI is InChI=1S/C4H4Cl7O4P/c5-1(6)3(9)13-16(12,15-11)14-4(10)2(7)8/h1-4H. The fraction of sp³-hybridized carbons (Fsp3) is 1.00. The first kappa shape index (κ1) is 18.1. The zero-order chi connectivity index (χ0) is 12.9. The SMILES string of the molecule is O=P(OCl)(OC(Cl)C(Cl)Cl)OC(Cl)C(Cl)Cl. The van der Waals surface area contributed by atoms with Crippen molar-refractivity contribution in [2.45, 2.75) is 20.8 Å². The van der Waals surface area contributed by atoms with Crippen molar-refractivity contribution in [1.29, 1.82) is 0 Å². The fourth-order valence-corrected chi connectivity index (χ4v) is 2.52. The molecule has 16 heavy (non-hydrogen) atoms. The molecular formula is C4H4Cl7O4P. The molecule has 0 aliphatic rings. The highest BCUT2D eigenvalue weighted by atomic mass is 35.5. The van der Waals surface area contributed by atoms with Crippen molar-refractivity contribution in [2.75, 3.05) is 0 Å². The van der Waals surface area contributed by atoms with Crippen molar-refractivity contribution in [3.8, 4) is 0 Å². The van der Waals surface area contributed by atoms with Gasteiger partial charge < -0.3 is 0 Å². The first-order chi connectivity index (χ1) is 7.22. The van der Waals surface area contributed by atoms with Crippen LogP contribution < -0.4 is 0 Å². The lowest BCUT2D eigenvalue weighted by atomic mass is 10.8. The number of hydrogen-bond acceptors (Lipinski definition) is 4. The average molecular weight is 395 g/mol. The van der Waals surface area contributed by atoms with Crippen LogP contribution in [0.25, 0.3) is 0 Å². The molecule has 0 aromatic rings.